The van der Waals surface area contributed by atoms with Gasteiger partial charge in [-0.2, -0.15) is 0 Å². The van der Waals surface area contributed by atoms with E-state index in [1.165, 1.54) is 11.3 Å². The van der Waals surface area contributed by atoms with Gasteiger partial charge in [0.1, 0.15) is 16.4 Å². The molecule has 2 amide bonds. The largest absolute Gasteiger partial charge is 0.457 e. The molecule has 2 heterocycles. The lowest BCUT2D eigenvalue weighted by Crippen LogP contribution is -2.12. The number of nitrogens with zero attached hydrogens (tertiary/aromatic N) is 2. The van der Waals surface area contributed by atoms with E-state index in [-0.39, 0.29) is 5.91 Å². The molecule has 2 aromatic carbocycles. The molecule has 0 saturated carbocycles. The maximum Gasteiger partial charge on any atom is 0.267 e. The fourth-order valence-electron chi connectivity index (χ4n) is 2.70. The highest BCUT2D eigenvalue weighted by Crippen LogP contribution is 2.26. The summed E-state index contributed by atoms with van der Waals surface area (Å²) in [7, 11) is 0. The first-order chi connectivity index (χ1) is 13.5. The summed E-state index contributed by atoms with van der Waals surface area (Å²) in [5, 5.41) is 2.84. The van der Waals surface area contributed by atoms with Gasteiger partial charge < -0.3 is 15.8 Å². The molecule has 0 radical (unpaired) electrons. The highest BCUT2D eigenvalue weighted by atomic mass is 32.1. The highest BCUT2D eigenvalue weighted by molar-refractivity contribution is 7.19. The number of nitrogens with one attached hydrogen (secondary N) is 1. The summed E-state index contributed by atoms with van der Waals surface area (Å²) in [5.41, 5.74) is 7.20. The van der Waals surface area contributed by atoms with E-state index in [0.29, 0.717) is 27.6 Å². The molecule has 0 aliphatic rings. The van der Waals surface area contributed by atoms with E-state index in [2.05, 4.69) is 10.3 Å². The van der Waals surface area contributed by atoms with Crippen LogP contribution in [0.5, 0.6) is 11.5 Å². The maximum absolute atomic E-state index is 12.4. The average molecular weight is 392 g/mol. The Morgan fingerprint density at radius 1 is 1.11 bits per heavy atom. The van der Waals surface area contributed by atoms with Gasteiger partial charge in [0, 0.05) is 18.1 Å². The van der Waals surface area contributed by atoms with Gasteiger partial charge in [-0.05, 0) is 43.3 Å². The van der Waals surface area contributed by atoms with Gasteiger partial charge in [-0.15, -0.1) is 0 Å². The van der Waals surface area contributed by atoms with Crippen LogP contribution >= 0.6 is 11.3 Å². The molecule has 0 aliphatic carbocycles. The van der Waals surface area contributed by atoms with Crippen LogP contribution in [-0.4, -0.2) is 21.2 Å². The first-order valence-electron chi connectivity index (χ1n) is 8.43. The Balaban J connectivity index is 1.46. The van der Waals surface area contributed by atoms with Crippen LogP contribution in [0.1, 0.15) is 25.7 Å². The number of carbonyl (C=O) groups is 2. The standard InChI is InChI=1S/C20H16N4O3S/c1-12-10-24-11-17(28-20(24)22-12)19(26)23-13-6-8-14(9-7-13)27-16-5-3-2-4-15(16)18(21)25/h2-11H,1H3,(H2,21,25)(H,23,26). The third kappa shape index (κ3) is 3.58. The Morgan fingerprint density at radius 2 is 1.86 bits per heavy atom. The zero-order valence-corrected chi connectivity index (χ0v) is 15.7. The van der Waals surface area contributed by atoms with Gasteiger partial charge >= 0.3 is 0 Å². The first-order valence-corrected chi connectivity index (χ1v) is 9.24. The van der Waals surface area contributed by atoms with Crippen molar-refractivity contribution in [1.82, 2.24) is 9.38 Å². The molecule has 7 nitrogen and oxygen atoms in total. The molecule has 4 rings (SSSR count). The number of benzene rings is 2. The normalized spacial score (nSPS) is 10.8. The summed E-state index contributed by atoms with van der Waals surface area (Å²) in [4.78, 5) is 29.6. The minimum atomic E-state index is -0.558. The second kappa shape index (κ2) is 7.16. The van der Waals surface area contributed by atoms with Crippen LogP contribution in [0.2, 0.25) is 0 Å². The second-order valence-electron chi connectivity index (χ2n) is 6.11. The van der Waals surface area contributed by atoms with Crippen LogP contribution in [0.25, 0.3) is 4.96 Å². The summed E-state index contributed by atoms with van der Waals surface area (Å²) < 4.78 is 7.57. The van der Waals surface area contributed by atoms with Crippen molar-refractivity contribution >= 4 is 33.8 Å². The van der Waals surface area contributed by atoms with Crippen molar-refractivity contribution in [3.05, 3.63) is 77.1 Å². The first kappa shape index (κ1) is 17.7. The zero-order valence-electron chi connectivity index (χ0n) is 14.9. The third-order valence-electron chi connectivity index (χ3n) is 3.99. The number of anilines is 1. The molecule has 0 unspecified atom stereocenters. The lowest BCUT2D eigenvalue weighted by Gasteiger charge is -2.10. The Kier molecular flexibility index (Phi) is 4.54. The van der Waals surface area contributed by atoms with Crippen molar-refractivity contribution < 1.29 is 14.3 Å². The lowest BCUT2D eigenvalue weighted by molar-refractivity contribution is 0.0995. The van der Waals surface area contributed by atoms with Crippen LogP contribution < -0.4 is 15.8 Å². The molecule has 4 aromatic rings. The number of primary amides is 1. The van der Waals surface area contributed by atoms with E-state index in [0.717, 1.165) is 10.7 Å². The number of para-hydroxylation sites is 1. The van der Waals surface area contributed by atoms with Gasteiger partial charge in [0.15, 0.2) is 4.96 Å². The number of hydrogen-bond donors (Lipinski definition) is 2. The van der Waals surface area contributed by atoms with Crippen LogP contribution in [0.4, 0.5) is 5.69 Å². The number of aromatic nitrogens is 2. The average Bonchev–Trinajstić information content (AvgIpc) is 3.21. The van der Waals surface area contributed by atoms with Crippen molar-refractivity contribution in [2.45, 2.75) is 6.92 Å². The predicted octanol–water partition coefficient (Wildman–Crippen LogP) is 3.85. The van der Waals surface area contributed by atoms with Gasteiger partial charge in [-0.3, -0.25) is 14.0 Å². The molecule has 0 atom stereocenters. The molecule has 140 valence electrons. The second-order valence-corrected chi connectivity index (χ2v) is 7.12. The fraction of sp³-hybridized carbons (Fsp3) is 0.0500. The summed E-state index contributed by atoms with van der Waals surface area (Å²) in [6, 6.07) is 13.6. The number of ether oxygens (including phenoxy) is 1. The summed E-state index contributed by atoms with van der Waals surface area (Å²) in [6.45, 7) is 1.91. The molecule has 0 bridgehead atoms. The zero-order chi connectivity index (χ0) is 19.7. The molecule has 0 spiro atoms. The Hall–Kier alpha value is -3.65. The van der Waals surface area contributed by atoms with Gasteiger partial charge in [0.05, 0.1) is 11.3 Å². The number of nitrogens with two attached hydrogens (primary N) is 1. The monoisotopic (exact) mass is 392 g/mol. The SMILES string of the molecule is Cc1cn2cc(C(=O)Nc3ccc(Oc4ccccc4C(N)=O)cc3)sc2n1. The van der Waals surface area contributed by atoms with Gasteiger partial charge in [0.25, 0.3) is 11.8 Å². The number of fused-ring (bicyclic) bond motifs is 1. The number of thiazole rings is 1. The molecule has 3 N–H and O–H groups in total. The Labute approximate surface area is 164 Å². The number of rotatable bonds is 5. The van der Waals surface area contributed by atoms with E-state index in [9.17, 15) is 9.59 Å². The van der Waals surface area contributed by atoms with Crippen LogP contribution in [0.15, 0.2) is 60.9 Å². The quantitative estimate of drug-likeness (QED) is 0.539. The minimum absolute atomic E-state index is 0.208. The molecule has 0 saturated heterocycles. The molecule has 0 aliphatic heterocycles. The Bertz CT molecular complexity index is 1150. The van der Waals surface area contributed by atoms with Crippen LogP contribution in [-0.2, 0) is 0 Å². The van der Waals surface area contributed by atoms with E-state index in [4.69, 9.17) is 10.5 Å². The molecular formula is C20H16N4O3S. The number of carbonyl (C=O) groups excluding carboxylic acids is 2. The van der Waals surface area contributed by atoms with E-state index < -0.39 is 5.91 Å². The summed E-state index contributed by atoms with van der Waals surface area (Å²) in [6.07, 6.45) is 3.63. The van der Waals surface area contributed by atoms with E-state index in [1.54, 1.807) is 54.7 Å². The van der Waals surface area contributed by atoms with Crippen molar-refractivity contribution in [2.24, 2.45) is 5.73 Å². The smallest absolute Gasteiger partial charge is 0.267 e. The van der Waals surface area contributed by atoms with Crippen LogP contribution in [0.3, 0.4) is 0 Å². The van der Waals surface area contributed by atoms with Gasteiger partial charge in [0.2, 0.25) is 0 Å². The molecular weight excluding hydrogens is 376 g/mol. The number of imidazole rings is 1. The van der Waals surface area contributed by atoms with Gasteiger partial charge in [-0.1, -0.05) is 23.5 Å². The number of amides is 2. The van der Waals surface area contributed by atoms with Crippen molar-refractivity contribution in [2.75, 3.05) is 5.32 Å². The molecule has 0 fully saturated rings. The molecule has 8 heteroatoms. The number of hydrogen-bond acceptors (Lipinski definition) is 5. The van der Waals surface area contributed by atoms with Crippen molar-refractivity contribution in [3.63, 3.8) is 0 Å². The van der Waals surface area contributed by atoms with E-state index in [1.807, 2.05) is 17.5 Å². The van der Waals surface area contributed by atoms with Crippen molar-refractivity contribution in [3.8, 4) is 11.5 Å². The molecule has 2 aromatic heterocycles. The minimum Gasteiger partial charge on any atom is -0.457 e. The van der Waals surface area contributed by atoms with Gasteiger partial charge in [-0.25, -0.2) is 4.98 Å². The maximum atomic E-state index is 12.4. The van der Waals surface area contributed by atoms with Crippen molar-refractivity contribution in [1.29, 1.82) is 0 Å². The summed E-state index contributed by atoms with van der Waals surface area (Å²) >= 11 is 1.33. The third-order valence-corrected chi connectivity index (χ3v) is 4.99. The highest BCUT2D eigenvalue weighted by Gasteiger charge is 2.13. The fourth-order valence-corrected chi connectivity index (χ4v) is 3.61. The van der Waals surface area contributed by atoms with E-state index >= 15 is 0 Å². The number of aryl methyl sites for hydroxylation is 1. The Morgan fingerprint density at radius 3 is 2.57 bits per heavy atom. The topological polar surface area (TPSA) is 98.7 Å². The summed E-state index contributed by atoms with van der Waals surface area (Å²) in [5.74, 6) is 0.138. The predicted molar refractivity (Wildman–Crippen MR) is 107 cm³/mol. The lowest BCUT2D eigenvalue weighted by atomic mass is 10.2. The molecule has 28 heavy (non-hydrogen) atoms. The van der Waals surface area contributed by atoms with Crippen LogP contribution in [0, 0.1) is 6.92 Å².